The second-order valence-electron chi connectivity index (χ2n) is 7.45. The Morgan fingerprint density at radius 3 is 2.87 bits per heavy atom. The maximum absolute atomic E-state index is 10.0. The second-order valence-corrected chi connectivity index (χ2v) is 7.45. The zero-order chi connectivity index (χ0) is 15.7. The van der Waals surface area contributed by atoms with Crippen LogP contribution in [0.2, 0.25) is 0 Å². The van der Waals surface area contributed by atoms with Crippen LogP contribution in [0, 0.1) is 5.92 Å². The molecule has 4 aliphatic rings. The molecule has 6 rings (SSSR count). The monoisotopic (exact) mass is 308 g/mol. The minimum Gasteiger partial charge on any atom is -0.395 e. The Morgan fingerprint density at radius 2 is 2.09 bits per heavy atom. The summed E-state index contributed by atoms with van der Waals surface area (Å²) < 4.78 is 2.44. The maximum atomic E-state index is 10.0. The van der Waals surface area contributed by atoms with E-state index in [1.54, 1.807) is 11.3 Å². The lowest BCUT2D eigenvalue weighted by molar-refractivity contribution is -0.0389. The largest absolute Gasteiger partial charge is 0.395 e. The fourth-order valence-electron chi connectivity index (χ4n) is 5.75. The zero-order valence-electron chi connectivity index (χ0n) is 13.9. The molecule has 120 valence electrons. The molecule has 0 amide bonds. The first-order chi connectivity index (χ1) is 11.2. The Morgan fingerprint density at radius 1 is 1.26 bits per heavy atom. The van der Waals surface area contributed by atoms with Crippen LogP contribution < -0.4 is 0 Å². The molecule has 1 aromatic heterocycles. The summed E-state index contributed by atoms with van der Waals surface area (Å²) in [5.41, 5.74) is 5.99. The van der Waals surface area contributed by atoms with Crippen LogP contribution in [0.4, 0.5) is 0 Å². The van der Waals surface area contributed by atoms with Gasteiger partial charge >= 0.3 is 0 Å². The van der Waals surface area contributed by atoms with Crippen LogP contribution >= 0.6 is 0 Å². The standard InChI is InChI=1S/C20H24N2O/c1-3-12-8-18-15-9-14(12)19(11-23)22(18)10-16-13-6-4-5-7-17(13)21(2)20(15)16/h3-7,14-15,18-19,23H,8-11H2,1-2H3/b12-3-/t14-,15+,18?,19?/m0/s1. The lowest BCUT2D eigenvalue weighted by Crippen LogP contribution is -2.61. The first-order valence-corrected chi connectivity index (χ1v) is 8.82. The van der Waals surface area contributed by atoms with E-state index in [9.17, 15) is 5.11 Å². The van der Waals surface area contributed by atoms with Gasteiger partial charge in [0.1, 0.15) is 0 Å². The molecule has 3 nitrogen and oxygen atoms in total. The van der Waals surface area contributed by atoms with E-state index in [1.165, 1.54) is 29.3 Å². The number of fused-ring (bicyclic) bond motifs is 4. The number of nitrogens with zero attached hydrogens (tertiary/aromatic N) is 2. The van der Waals surface area contributed by atoms with Gasteiger partial charge in [-0.3, -0.25) is 4.90 Å². The number of aromatic nitrogens is 1. The molecule has 3 heteroatoms. The third kappa shape index (κ3) is 1.62. The molecule has 4 heterocycles. The first kappa shape index (κ1) is 13.8. The summed E-state index contributed by atoms with van der Waals surface area (Å²) in [5.74, 6) is 1.15. The van der Waals surface area contributed by atoms with Gasteiger partial charge in [0.15, 0.2) is 0 Å². The van der Waals surface area contributed by atoms with Gasteiger partial charge in [-0.25, -0.2) is 0 Å². The van der Waals surface area contributed by atoms with Gasteiger partial charge in [-0.05, 0) is 37.3 Å². The van der Waals surface area contributed by atoms with Crippen molar-refractivity contribution >= 4 is 10.9 Å². The molecule has 3 unspecified atom stereocenters. The number of allylic oxidation sites excluding steroid dienone is 1. The molecule has 3 fully saturated rings. The van der Waals surface area contributed by atoms with Gasteiger partial charge in [0, 0.05) is 48.2 Å². The smallest absolute Gasteiger partial charge is 0.0592 e. The number of aliphatic hydroxyl groups is 1. The molecule has 5 atom stereocenters. The summed E-state index contributed by atoms with van der Waals surface area (Å²) in [4.78, 5) is 2.61. The van der Waals surface area contributed by atoms with Crippen LogP contribution in [0.3, 0.4) is 0 Å². The quantitative estimate of drug-likeness (QED) is 0.820. The molecule has 23 heavy (non-hydrogen) atoms. The molecule has 1 N–H and O–H groups in total. The topological polar surface area (TPSA) is 28.4 Å². The SMILES string of the molecule is C/C=C1/CC2[C@H]3C[C@@H]1C(CO)N2Cc1c3n(C)c2ccccc12. The molecule has 4 bridgehead atoms. The lowest BCUT2D eigenvalue weighted by Gasteiger charge is -2.58. The van der Waals surface area contributed by atoms with E-state index in [2.05, 4.69) is 53.8 Å². The minimum atomic E-state index is 0.283. The summed E-state index contributed by atoms with van der Waals surface area (Å²) in [5, 5.41) is 11.4. The predicted molar refractivity (Wildman–Crippen MR) is 92.3 cm³/mol. The maximum Gasteiger partial charge on any atom is 0.0592 e. The van der Waals surface area contributed by atoms with Crippen LogP contribution in [0.5, 0.6) is 0 Å². The second kappa shape index (κ2) is 4.71. The number of para-hydroxylation sites is 1. The first-order valence-electron chi connectivity index (χ1n) is 8.82. The van der Waals surface area contributed by atoms with E-state index in [-0.39, 0.29) is 6.61 Å². The van der Waals surface area contributed by atoms with Crippen LogP contribution in [0.1, 0.15) is 36.9 Å². The number of hydrogen-bond acceptors (Lipinski definition) is 2. The van der Waals surface area contributed by atoms with Gasteiger partial charge < -0.3 is 9.67 Å². The lowest BCUT2D eigenvalue weighted by atomic mass is 9.63. The Balaban J connectivity index is 1.72. The number of aliphatic hydroxyl groups excluding tert-OH is 1. The highest BCUT2D eigenvalue weighted by Crippen LogP contribution is 2.54. The Bertz CT molecular complexity index is 818. The van der Waals surface area contributed by atoms with Gasteiger partial charge in [0.05, 0.1) is 6.61 Å². The Hall–Kier alpha value is -1.58. The summed E-state index contributed by atoms with van der Waals surface area (Å²) in [6.07, 6.45) is 4.68. The van der Waals surface area contributed by atoms with Crippen LogP contribution in [0.25, 0.3) is 10.9 Å². The minimum absolute atomic E-state index is 0.283. The van der Waals surface area contributed by atoms with E-state index >= 15 is 0 Å². The molecule has 1 saturated carbocycles. The third-order valence-electron chi connectivity index (χ3n) is 6.72. The summed E-state index contributed by atoms with van der Waals surface area (Å²) in [6, 6.07) is 9.67. The van der Waals surface area contributed by atoms with Gasteiger partial charge in [-0.2, -0.15) is 0 Å². The van der Waals surface area contributed by atoms with Crippen molar-refractivity contribution in [3.63, 3.8) is 0 Å². The average molecular weight is 308 g/mol. The van der Waals surface area contributed by atoms with Crippen LogP contribution in [-0.2, 0) is 13.6 Å². The van der Waals surface area contributed by atoms with Crippen molar-refractivity contribution in [1.29, 1.82) is 0 Å². The summed E-state index contributed by atoms with van der Waals surface area (Å²) in [7, 11) is 2.24. The average Bonchev–Trinajstić information content (AvgIpc) is 2.87. The molecule has 0 radical (unpaired) electrons. The van der Waals surface area contributed by atoms with Crippen LogP contribution in [0.15, 0.2) is 35.9 Å². The van der Waals surface area contributed by atoms with Crippen LogP contribution in [-0.4, -0.2) is 33.3 Å². The van der Waals surface area contributed by atoms with E-state index in [0.717, 1.165) is 6.54 Å². The third-order valence-corrected chi connectivity index (χ3v) is 6.72. The van der Waals surface area contributed by atoms with Gasteiger partial charge in [0.25, 0.3) is 0 Å². The van der Waals surface area contributed by atoms with Crippen molar-refractivity contribution < 1.29 is 5.11 Å². The number of rotatable bonds is 1. The van der Waals surface area contributed by atoms with Crippen molar-refractivity contribution in [1.82, 2.24) is 9.47 Å². The highest BCUT2D eigenvalue weighted by Gasteiger charge is 2.52. The van der Waals surface area contributed by atoms with E-state index < -0.39 is 0 Å². The van der Waals surface area contributed by atoms with Crippen molar-refractivity contribution in [2.75, 3.05) is 6.61 Å². The highest BCUT2D eigenvalue weighted by atomic mass is 16.3. The molecule has 1 aliphatic carbocycles. The molecule has 1 aromatic carbocycles. The zero-order valence-corrected chi connectivity index (χ0v) is 13.9. The predicted octanol–water partition coefficient (Wildman–Crippen LogP) is 3.18. The molecular weight excluding hydrogens is 284 g/mol. The fourth-order valence-corrected chi connectivity index (χ4v) is 5.75. The fraction of sp³-hybridized carbons (Fsp3) is 0.500. The molecule has 2 aromatic rings. The summed E-state index contributed by atoms with van der Waals surface area (Å²) in [6.45, 7) is 3.44. The number of piperidine rings is 2. The van der Waals surface area contributed by atoms with Crippen molar-refractivity contribution in [3.05, 3.63) is 47.2 Å². The Labute approximate surface area is 137 Å². The van der Waals surface area contributed by atoms with Crippen molar-refractivity contribution in [2.24, 2.45) is 13.0 Å². The van der Waals surface area contributed by atoms with Crippen molar-refractivity contribution in [3.8, 4) is 0 Å². The molecule has 3 aliphatic heterocycles. The highest BCUT2D eigenvalue weighted by molar-refractivity contribution is 5.86. The van der Waals surface area contributed by atoms with E-state index in [1.807, 2.05) is 0 Å². The van der Waals surface area contributed by atoms with Gasteiger partial charge in [0.2, 0.25) is 0 Å². The van der Waals surface area contributed by atoms with Crippen molar-refractivity contribution in [2.45, 2.75) is 44.3 Å². The Kier molecular flexibility index (Phi) is 2.83. The number of benzene rings is 1. The van der Waals surface area contributed by atoms with Gasteiger partial charge in [-0.15, -0.1) is 0 Å². The van der Waals surface area contributed by atoms with Gasteiger partial charge in [-0.1, -0.05) is 29.8 Å². The number of hydrogen-bond donors (Lipinski definition) is 1. The normalized spacial score (nSPS) is 36.7. The van der Waals surface area contributed by atoms with E-state index in [4.69, 9.17) is 0 Å². The van der Waals surface area contributed by atoms with E-state index in [0.29, 0.717) is 23.9 Å². The summed E-state index contributed by atoms with van der Waals surface area (Å²) >= 11 is 0. The number of aryl methyl sites for hydroxylation is 1. The molecule has 2 saturated heterocycles. The molecule has 0 spiro atoms. The molecular formula is C20H24N2O.